The van der Waals surface area contributed by atoms with Crippen molar-refractivity contribution < 1.29 is 14.1 Å². The van der Waals surface area contributed by atoms with Crippen molar-refractivity contribution in [3.8, 4) is 0 Å². The van der Waals surface area contributed by atoms with Crippen LogP contribution in [0.15, 0.2) is 41.2 Å². The third-order valence-electron chi connectivity index (χ3n) is 3.39. The molecule has 21 heavy (non-hydrogen) atoms. The Morgan fingerprint density at radius 1 is 1.29 bits per heavy atom. The second-order valence-corrected chi connectivity index (χ2v) is 4.72. The minimum absolute atomic E-state index is 0.0222. The second kappa shape index (κ2) is 5.74. The molecule has 1 aromatic carbocycles. The lowest BCUT2D eigenvalue weighted by Crippen LogP contribution is -2.54. The van der Waals surface area contributed by atoms with Gasteiger partial charge in [-0.2, -0.15) is 4.98 Å². The number of carbonyl (C=O) groups excluding carboxylic acids is 2. The maximum absolute atomic E-state index is 12.2. The minimum atomic E-state index is -0.612. The van der Waals surface area contributed by atoms with Crippen molar-refractivity contribution in [3.05, 3.63) is 48.1 Å². The molecule has 7 heteroatoms. The lowest BCUT2D eigenvalue weighted by atomic mass is 10.0. The van der Waals surface area contributed by atoms with Crippen molar-refractivity contribution in [2.45, 2.75) is 12.5 Å². The first-order valence-electron chi connectivity index (χ1n) is 6.63. The van der Waals surface area contributed by atoms with E-state index in [1.54, 1.807) is 4.90 Å². The maximum Gasteiger partial charge on any atom is 0.247 e. The number of nitrogens with one attached hydrogen (secondary N) is 1. The molecule has 1 N–H and O–H groups in total. The summed E-state index contributed by atoms with van der Waals surface area (Å²) in [6.45, 7) is 0.389. The summed E-state index contributed by atoms with van der Waals surface area (Å²) in [4.78, 5) is 29.8. The van der Waals surface area contributed by atoms with E-state index in [-0.39, 0.29) is 18.4 Å². The SMILES string of the molecule is O=C1NCC(=O)N(CCc2ncon2)C1c1ccccc1. The Morgan fingerprint density at radius 2 is 2.10 bits per heavy atom. The van der Waals surface area contributed by atoms with Crippen molar-refractivity contribution in [1.82, 2.24) is 20.4 Å². The number of benzene rings is 1. The van der Waals surface area contributed by atoms with Crippen molar-refractivity contribution in [2.24, 2.45) is 0 Å². The number of rotatable bonds is 4. The molecule has 0 saturated carbocycles. The fourth-order valence-corrected chi connectivity index (χ4v) is 2.39. The summed E-state index contributed by atoms with van der Waals surface area (Å²) in [6.07, 6.45) is 1.69. The molecule has 1 aromatic heterocycles. The predicted molar refractivity (Wildman–Crippen MR) is 71.9 cm³/mol. The topological polar surface area (TPSA) is 88.3 Å². The Kier molecular flexibility index (Phi) is 3.63. The molecule has 1 aliphatic rings. The minimum Gasteiger partial charge on any atom is -0.345 e. The molecule has 1 atom stereocenters. The molecule has 1 aliphatic heterocycles. The highest BCUT2D eigenvalue weighted by Crippen LogP contribution is 2.23. The summed E-state index contributed by atoms with van der Waals surface area (Å²) < 4.78 is 4.67. The molecule has 2 heterocycles. The molecule has 108 valence electrons. The summed E-state index contributed by atoms with van der Waals surface area (Å²) in [5, 5.41) is 6.34. The first-order chi connectivity index (χ1) is 10.3. The van der Waals surface area contributed by atoms with Gasteiger partial charge in [0.1, 0.15) is 6.04 Å². The second-order valence-electron chi connectivity index (χ2n) is 4.72. The Morgan fingerprint density at radius 3 is 2.81 bits per heavy atom. The zero-order valence-corrected chi connectivity index (χ0v) is 11.2. The summed E-state index contributed by atoms with van der Waals surface area (Å²) in [7, 11) is 0. The van der Waals surface area contributed by atoms with E-state index in [0.717, 1.165) is 5.56 Å². The van der Waals surface area contributed by atoms with E-state index in [1.807, 2.05) is 30.3 Å². The smallest absolute Gasteiger partial charge is 0.247 e. The first kappa shape index (κ1) is 13.3. The maximum atomic E-state index is 12.2. The fraction of sp³-hybridized carbons (Fsp3) is 0.286. The predicted octanol–water partition coefficient (Wildman–Crippen LogP) is 0.312. The van der Waals surface area contributed by atoms with Gasteiger partial charge in [0.25, 0.3) is 0 Å². The fourth-order valence-electron chi connectivity index (χ4n) is 2.39. The van der Waals surface area contributed by atoms with Crippen LogP contribution >= 0.6 is 0 Å². The zero-order valence-electron chi connectivity index (χ0n) is 11.2. The summed E-state index contributed by atoms with van der Waals surface area (Å²) in [6, 6.07) is 8.63. The van der Waals surface area contributed by atoms with Crippen LogP contribution in [0, 0.1) is 0 Å². The molecular weight excluding hydrogens is 272 g/mol. The molecule has 3 rings (SSSR count). The number of piperazine rings is 1. The monoisotopic (exact) mass is 286 g/mol. The van der Waals surface area contributed by atoms with E-state index in [0.29, 0.717) is 18.8 Å². The Bertz CT molecular complexity index is 627. The number of hydrogen-bond donors (Lipinski definition) is 1. The van der Waals surface area contributed by atoms with Gasteiger partial charge in [0.05, 0.1) is 6.54 Å². The van der Waals surface area contributed by atoms with Gasteiger partial charge in [-0.05, 0) is 5.56 Å². The number of carbonyl (C=O) groups is 2. The first-order valence-corrected chi connectivity index (χ1v) is 6.63. The van der Waals surface area contributed by atoms with E-state index in [1.165, 1.54) is 6.39 Å². The summed E-state index contributed by atoms with van der Waals surface area (Å²) >= 11 is 0. The van der Waals surface area contributed by atoms with Crippen LogP contribution in [0.5, 0.6) is 0 Å². The van der Waals surface area contributed by atoms with Crippen LogP contribution in [0.1, 0.15) is 17.4 Å². The Balaban J connectivity index is 1.82. The van der Waals surface area contributed by atoms with Gasteiger partial charge in [0.15, 0.2) is 5.82 Å². The van der Waals surface area contributed by atoms with Gasteiger partial charge in [-0.15, -0.1) is 0 Å². The highest BCUT2D eigenvalue weighted by Gasteiger charge is 2.35. The zero-order chi connectivity index (χ0) is 14.7. The van der Waals surface area contributed by atoms with Crippen molar-refractivity contribution in [1.29, 1.82) is 0 Å². The molecule has 7 nitrogen and oxygen atoms in total. The molecule has 0 spiro atoms. The van der Waals surface area contributed by atoms with Crippen LogP contribution in [0.2, 0.25) is 0 Å². The highest BCUT2D eigenvalue weighted by atomic mass is 16.5. The van der Waals surface area contributed by atoms with Crippen LogP contribution in [0.4, 0.5) is 0 Å². The molecular formula is C14H14N4O3. The number of nitrogens with zero attached hydrogens (tertiary/aromatic N) is 3. The normalized spacial score (nSPS) is 18.7. The molecule has 0 aliphatic carbocycles. The lowest BCUT2D eigenvalue weighted by molar-refractivity contribution is -0.145. The average molecular weight is 286 g/mol. The average Bonchev–Trinajstić information content (AvgIpc) is 3.02. The number of hydrogen-bond acceptors (Lipinski definition) is 5. The van der Waals surface area contributed by atoms with Gasteiger partial charge < -0.3 is 14.7 Å². The van der Waals surface area contributed by atoms with Crippen LogP contribution in [-0.4, -0.2) is 39.9 Å². The van der Waals surface area contributed by atoms with Crippen LogP contribution in [-0.2, 0) is 16.0 Å². The standard InChI is InChI=1S/C14H14N4O3/c19-12-8-15-14(20)13(10-4-2-1-3-5-10)18(12)7-6-11-16-9-21-17-11/h1-5,9,13H,6-8H2,(H,15,20). The number of aromatic nitrogens is 2. The molecule has 2 aromatic rings. The van der Waals surface area contributed by atoms with Crippen LogP contribution < -0.4 is 5.32 Å². The Labute approximate surface area is 120 Å². The molecule has 1 unspecified atom stereocenters. The summed E-state index contributed by atoms with van der Waals surface area (Å²) in [5.41, 5.74) is 0.788. The van der Waals surface area contributed by atoms with E-state index in [2.05, 4.69) is 20.0 Å². The van der Waals surface area contributed by atoms with Gasteiger partial charge in [0, 0.05) is 13.0 Å². The third kappa shape index (κ3) is 2.76. The lowest BCUT2D eigenvalue weighted by Gasteiger charge is -2.35. The van der Waals surface area contributed by atoms with Crippen LogP contribution in [0.3, 0.4) is 0 Å². The van der Waals surface area contributed by atoms with Crippen molar-refractivity contribution >= 4 is 11.8 Å². The van der Waals surface area contributed by atoms with Gasteiger partial charge >= 0.3 is 0 Å². The Hall–Kier alpha value is -2.70. The van der Waals surface area contributed by atoms with Gasteiger partial charge in [-0.25, -0.2) is 0 Å². The van der Waals surface area contributed by atoms with E-state index in [4.69, 9.17) is 0 Å². The van der Waals surface area contributed by atoms with E-state index < -0.39 is 6.04 Å². The number of amides is 2. The molecule has 0 bridgehead atoms. The van der Waals surface area contributed by atoms with Gasteiger partial charge in [-0.1, -0.05) is 35.5 Å². The molecule has 2 amide bonds. The van der Waals surface area contributed by atoms with Gasteiger partial charge in [-0.3, -0.25) is 9.59 Å². The van der Waals surface area contributed by atoms with Gasteiger partial charge in [0.2, 0.25) is 18.2 Å². The third-order valence-corrected chi connectivity index (χ3v) is 3.39. The quantitative estimate of drug-likeness (QED) is 0.874. The van der Waals surface area contributed by atoms with E-state index >= 15 is 0 Å². The molecule has 1 fully saturated rings. The molecule has 0 radical (unpaired) electrons. The van der Waals surface area contributed by atoms with Crippen molar-refractivity contribution in [2.75, 3.05) is 13.1 Å². The highest BCUT2D eigenvalue weighted by molar-refractivity contribution is 5.95. The summed E-state index contributed by atoms with van der Waals surface area (Å²) in [5.74, 6) is 0.224. The van der Waals surface area contributed by atoms with Crippen molar-refractivity contribution in [3.63, 3.8) is 0 Å². The van der Waals surface area contributed by atoms with Crippen LogP contribution in [0.25, 0.3) is 0 Å². The largest absolute Gasteiger partial charge is 0.345 e. The van der Waals surface area contributed by atoms with E-state index in [9.17, 15) is 9.59 Å². The molecule has 1 saturated heterocycles.